The summed E-state index contributed by atoms with van der Waals surface area (Å²) < 4.78 is 57.4. The summed E-state index contributed by atoms with van der Waals surface area (Å²) in [5, 5.41) is 2.53. The number of aryl methyl sites for hydroxylation is 1. The van der Waals surface area contributed by atoms with Crippen LogP contribution in [0.25, 0.3) is 0 Å². The third-order valence-corrected chi connectivity index (χ3v) is 9.81. The Labute approximate surface area is 414 Å². The lowest BCUT2D eigenvalue weighted by Crippen LogP contribution is -2.37. The average Bonchev–Trinajstić information content (AvgIpc) is 3.58. The van der Waals surface area contributed by atoms with Crippen LogP contribution in [0.1, 0.15) is 54.0 Å². The van der Waals surface area contributed by atoms with E-state index in [4.69, 9.17) is 19.2 Å². The number of hydrogen-bond donors (Lipinski definition) is 4. The molecule has 2 unspecified atom stereocenters. The van der Waals surface area contributed by atoms with Crippen LogP contribution in [0.2, 0.25) is 0 Å². The van der Waals surface area contributed by atoms with Crippen molar-refractivity contribution in [1.29, 1.82) is 0 Å². The Kier molecular flexibility index (Phi) is 61.0. The number of benzene rings is 1. The van der Waals surface area contributed by atoms with Gasteiger partial charge in [0.1, 0.15) is 12.5 Å². The van der Waals surface area contributed by atoms with Gasteiger partial charge in [0.25, 0.3) is 5.91 Å². The van der Waals surface area contributed by atoms with Crippen LogP contribution in [0.15, 0.2) is 35.3 Å². The van der Waals surface area contributed by atoms with Crippen LogP contribution in [-0.2, 0) is 54.9 Å². The minimum atomic E-state index is -3.29. The second kappa shape index (κ2) is 47.5. The molecule has 1 aromatic rings. The molecule has 68 heavy (non-hydrogen) atoms. The normalized spacial score (nSPS) is 13.4. The second-order valence-electron chi connectivity index (χ2n) is 15.5. The Bertz CT molecular complexity index is 1400. The molecule has 0 saturated heterocycles. The quantitative estimate of drug-likeness (QED) is 0.125. The van der Waals surface area contributed by atoms with Crippen LogP contribution in [-0.4, -0.2) is 193 Å². The summed E-state index contributed by atoms with van der Waals surface area (Å²) in [7, 11) is 2.16. The minimum Gasteiger partial charge on any atom is -0.632 e. The zero-order valence-electron chi connectivity index (χ0n) is 46.4. The summed E-state index contributed by atoms with van der Waals surface area (Å²) in [6, 6.07) is 10.3. The van der Waals surface area contributed by atoms with Crippen molar-refractivity contribution in [2.75, 3.05) is 152 Å². The molecule has 4 N–H and O–H groups in total. The first-order valence-corrected chi connectivity index (χ1v) is 32.9. The van der Waals surface area contributed by atoms with Crippen molar-refractivity contribution >= 4 is 64.1 Å². The summed E-state index contributed by atoms with van der Waals surface area (Å²) in [6.45, 7) is 25.3. The third kappa shape index (κ3) is 111. The highest BCUT2D eigenvalue weighted by Gasteiger charge is 2.32. The molecule has 0 saturated carbocycles. The Hall–Kier alpha value is -0.470. The van der Waals surface area contributed by atoms with E-state index in [9.17, 15) is 38.3 Å². The molecule has 1 aliphatic rings. The Morgan fingerprint density at radius 2 is 0.985 bits per heavy atom. The monoisotopic (exact) mass is 1110 g/mol. The van der Waals surface area contributed by atoms with E-state index in [0.717, 1.165) is 6.66 Å². The number of hydrogen-bond acceptors (Lipinski definition) is 19. The molecule has 0 radical (unpaired) electrons. The first-order valence-electron chi connectivity index (χ1n) is 20.3. The molecule has 1 amide bonds. The molecule has 0 spiro atoms. The van der Waals surface area contributed by atoms with Crippen LogP contribution >= 0.6 is 46.7 Å². The molecule has 2 rings (SSSR count). The van der Waals surface area contributed by atoms with E-state index in [2.05, 4.69) is 61.0 Å². The van der Waals surface area contributed by atoms with Gasteiger partial charge in [-0.1, -0.05) is 63.6 Å². The molecule has 0 aromatic heterocycles. The number of phosphoric ester groups is 1. The summed E-state index contributed by atoms with van der Waals surface area (Å²) in [5.41, 5.74) is 1.91. The lowest BCUT2D eigenvalue weighted by molar-refractivity contribution is -0.887. The average molecular weight is 1110 g/mol. The maximum Gasteiger partial charge on any atom is 0.386 e. The van der Waals surface area contributed by atoms with Gasteiger partial charge in [0.05, 0.1) is 104 Å². The molecule has 1 heterocycles. The zero-order valence-corrected chi connectivity index (χ0v) is 51.8. The van der Waals surface area contributed by atoms with E-state index in [0.29, 0.717) is 21.3 Å². The third-order valence-electron chi connectivity index (χ3n) is 5.00. The van der Waals surface area contributed by atoms with Gasteiger partial charge in [-0.05, 0) is 27.7 Å². The molecule has 23 nitrogen and oxygen atoms in total. The van der Waals surface area contributed by atoms with E-state index in [1.54, 1.807) is 20.3 Å². The Balaban J connectivity index is -0.0000000827. The van der Waals surface area contributed by atoms with Crippen molar-refractivity contribution in [3.8, 4) is 0 Å². The van der Waals surface area contributed by atoms with E-state index >= 15 is 0 Å². The summed E-state index contributed by atoms with van der Waals surface area (Å²) in [4.78, 5) is 90.8. The lowest BCUT2D eigenvalue weighted by atomic mass is 10.2. The largest absolute Gasteiger partial charge is 0.632 e. The van der Waals surface area contributed by atoms with Crippen molar-refractivity contribution in [2.45, 2.75) is 55.4 Å². The summed E-state index contributed by atoms with van der Waals surface area (Å²) in [6.07, 6.45) is 0. The number of nitrogens with one attached hydrogen (secondary N) is 1. The van der Waals surface area contributed by atoms with Gasteiger partial charge >= 0.3 is 8.17 Å². The van der Waals surface area contributed by atoms with Gasteiger partial charge in [0.2, 0.25) is 37.3 Å². The first kappa shape index (κ1) is 87.3. The van der Waals surface area contributed by atoms with Crippen molar-refractivity contribution < 1.29 is 98.1 Å². The fraction of sp³-hybridized carbons (Fsp3) is 0.769. The Morgan fingerprint density at radius 1 is 0.691 bits per heavy atom. The number of Topliss-reactive ketones (excluding diaryl/α,β-unsaturated/α-hetero) is 1. The fourth-order valence-corrected chi connectivity index (χ4v) is 3.30. The molecule has 0 bridgehead atoms. The van der Waals surface area contributed by atoms with Gasteiger partial charge in [-0.3, -0.25) is 18.9 Å². The molecule has 29 heteroatoms. The predicted octanol–water partition coefficient (Wildman–Crippen LogP) is 4.68. The predicted molar refractivity (Wildman–Crippen MR) is 277 cm³/mol. The van der Waals surface area contributed by atoms with Crippen molar-refractivity contribution in [3.05, 3.63) is 35.9 Å². The number of aliphatic imine (C=N–C) groups is 1. The first-order chi connectivity index (χ1) is 30.2. The highest BCUT2D eigenvalue weighted by molar-refractivity contribution is 7.58. The van der Waals surface area contributed by atoms with Gasteiger partial charge < -0.3 is 48.1 Å². The molecule has 2 atom stereocenters. The number of rotatable bonds is 12. The van der Waals surface area contributed by atoms with Crippen molar-refractivity contribution in [3.63, 3.8) is 0 Å². The minimum absolute atomic E-state index is 0.0417. The zero-order chi connectivity index (χ0) is 57.0. The summed E-state index contributed by atoms with van der Waals surface area (Å²) in [5.74, 6) is 0.125. The summed E-state index contributed by atoms with van der Waals surface area (Å²) >= 11 is 0. The molecular weight excluding hydrogens is 1010 g/mol. The SMILES string of the molecule is CC.CC.CC(C)=O.CC1=NCNC1=O.COP(C)(C)=O.CO[P+](C)([O-])O.CO[P+](C)([O-])OC.CO[P+]([O-])(OC)OC[N+](C)(C)C.CP(C)(=O)O.C[N+](C)(C)CO[P+](C)([O-])O.Cc1ccccc1. The molecular formula is C39H96N4O19P6+2. The van der Waals surface area contributed by atoms with Gasteiger partial charge in [-0.15, -0.1) is 4.52 Å². The molecule has 0 fully saturated rings. The smallest absolute Gasteiger partial charge is 0.386 e. The van der Waals surface area contributed by atoms with Gasteiger partial charge in [0, 0.05) is 33.8 Å². The molecule has 1 aliphatic heterocycles. The molecule has 0 aliphatic carbocycles. The number of carbonyl (C=O) groups is 2. The maximum atomic E-state index is 11.3. The molecule has 1 aromatic carbocycles. The number of phosphoric acid groups is 1. The van der Waals surface area contributed by atoms with Crippen LogP contribution in [0.3, 0.4) is 0 Å². The van der Waals surface area contributed by atoms with E-state index in [1.807, 2.05) is 88.2 Å². The number of ketones is 1. The van der Waals surface area contributed by atoms with E-state index in [1.165, 1.54) is 88.7 Å². The van der Waals surface area contributed by atoms with Gasteiger partial charge in [0.15, 0.2) is 14.7 Å². The highest BCUT2D eigenvalue weighted by atomic mass is 31.2. The number of carbonyl (C=O) groups excluding carboxylic acids is 2. The van der Waals surface area contributed by atoms with Crippen molar-refractivity contribution in [2.24, 2.45) is 4.99 Å². The number of quaternary nitrogens is 2. The van der Waals surface area contributed by atoms with E-state index < -0.39 is 46.7 Å². The van der Waals surface area contributed by atoms with Crippen LogP contribution < -0.4 is 24.9 Å². The van der Waals surface area contributed by atoms with Crippen LogP contribution in [0.4, 0.5) is 0 Å². The van der Waals surface area contributed by atoms with Gasteiger partial charge in [-0.25, -0.2) is 23.4 Å². The highest BCUT2D eigenvalue weighted by Crippen LogP contribution is 2.52. The standard InChI is InChI=1S/C7H8.C6H17NO4P.C5H14NO3P.C4H6N2O.C3H9O3P.C3H9O2P.C3H6O.C2H7O3P.C2H7O2P.2C2H6/c1-7-5-3-2-4-6-7;1-7(2,3)6-11-12(8,9-4)10-5;1-6(2,3)5-9-10(4,7)8;1-3-4(7)6-2-5-3;1-5-7(3,4)6-2;1-5-6(2,3)4;1-3(2)4;1-5-6(2,3)4;1-5(2,3)4;2*1-2/h2-6H,1H3;6H2,1-5H3;5H2,1-4H3;2H2,1H3,(H,6,7);1-3H3;1-3H3;1-2H3;1-2H3,(H,3,4);1-2H3,(H,3,4);2*1-2H3/q;+1;;;;;;;;;/p+1. The topological polar surface area (TPSA) is 319 Å². The second-order valence-corrected chi connectivity index (χ2v) is 29.0. The lowest BCUT2D eigenvalue weighted by Gasteiger charge is -2.27. The van der Waals surface area contributed by atoms with Gasteiger partial charge in [-0.2, -0.15) is 13.6 Å². The number of amides is 1. The number of nitrogens with zero attached hydrogens (tertiary/aromatic N) is 3. The van der Waals surface area contributed by atoms with Crippen LogP contribution in [0, 0.1) is 6.92 Å². The van der Waals surface area contributed by atoms with Crippen LogP contribution in [0.5, 0.6) is 0 Å². The molecule has 414 valence electrons. The van der Waals surface area contributed by atoms with E-state index in [-0.39, 0.29) is 25.2 Å². The Morgan fingerprint density at radius 3 is 1.09 bits per heavy atom. The maximum absolute atomic E-state index is 11.3. The van der Waals surface area contributed by atoms with Crippen molar-refractivity contribution in [1.82, 2.24) is 5.32 Å². The fourth-order valence-electron chi connectivity index (χ4n) is 1.74.